The molecule has 0 bridgehead atoms. The van der Waals surface area contributed by atoms with E-state index in [-0.39, 0.29) is 13.2 Å². The summed E-state index contributed by atoms with van der Waals surface area (Å²) in [4.78, 5) is 11.9. The van der Waals surface area contributed by atoms with Crippen molar-refractivity contribution in [3.05, 3.63) is 11.1 Å². The van der Waals surface area contributed by atoms with Crippen LogP contribution in [0.4, 0.5) is 4.79 Å². The Hall–Kier alpha value is -1.54. The zero-order valence-corrected chi connectivity index (χ0v) is 7.73. The zero-order chi connectivity index (χ0) is 10.6. The topological polar surface area (TPSA) is 84.6 Å². The van der Waals surface area contributed by atoms with E-state index in [0.717, 1.165) is 5.57 Å². The SMILES string of the molecule is N#C/C(CO)=C1\CCCN(C(=O)O)C1. The second-order valence-electron chi connectivity index (χ2n) is 3.16. The van der Waals surface area contributed by atoms with Crippen LogP contribution in [-0.4, -0.2) is 40.9 Å². The first-order valence-corrected chi connectivity index (χ1v) is 4.38. The van der Waals surface area contributed by atoms with Crippen LogP contribution in [0.3, 0.4) is 0 Å². The normalized spacial score (nSPS) is 20.1. The third-order valence-electron chi connectivity index (χ3n) is 2.28. The van der Waals surface area contributed by atoms with Gasteiger partial charge in [0.05, 0.1) is 18.2 Å². The number of nitrogens with zero attached hydrogens (tertiary/aromatic N) is 2. The molecule has 0 spiro atoms. The van der Waals surface area contributed by atoms with Gasteiger partial charge in [-0.05, 0) is 18.4 Å². The minimum atomic E-state index is -0.975. The van der Waals surface area contributed by atoms with Crippen molar-refractivity contribution in [2.45, 2.75) is 12.8 Å². The second-order valence-corrected chi connectivity index (χ2v) is 3.16. The highest BCUT2D eigenvalue weighted by atomic mass is 16.4. The number of hydrogen-bond acceptors (Lipinski definition) is 3. The highest BCUT2D eigenvalue weighted by molar-refractivity contribution is 5.65. The monoisotopic (exact) mass is 196 g/mol. The Morgan fingerprint density at radius 1 is 1.64 bits per heavy atom. The van der Waals surface area contributed by atoms with Crippen LogP contribution in [0.1, 0.15) is 12.8 Å². The first kappa shape index (κ1) is 10.5. The van der Waals surface area contributed by atoms with E-state index in [4.69, 9.17) is 15.5 Å². The molecule has 0 atom stereocenters. The highest BCUT2D eigenvalue weighted by Gasteiger charge is 2.20. The number of amides is 1. The molecule has 1 aliphatic heterocycles. The Kier molecular flexibility index (Phi) is 3.48. The van der Waals surface area contributed by atoms with Gasteiger partial charge >= 0.3 is 6.09 Å². The van der Waals surface area contributed by atoms with Crippen molar-refractivity contribution in [2.24, 2.45) is 0 Å². The van der Waals surface area contributed by atoms with Gasteiger partial charge in [0.15, 0.2) is 0 Å². The maximum atomic E-state index is 10.7. The van der Waals surface area contributed by atoms with Crippen LogP contribution < -0.4 is 0 Å². The van der Waals surface area contributed by atoms with Crippen LogP contribution in [0.15, 0.2) is 11.1 Å². The molecule has 14 heavy (non-hydrogen) atoms. The molecule has 0 radical (unpaired) electrons. The summed E-state index contributed by atoms with van der Waals surface area (Å²) in [5, 5.41) is 26.3. The molecule has 0 saturated carbocycles. The number of carboxylic acid groups (broad SMARTS) is 1. The van der Waals surface area contributed by atoms with Gasteiger partial charge in [0, 0.05) is 13.1 Å². The molecule has 1 rings (SSSR count). The molecule has 2 N–H and O–H groups in total. The number of carbonyl (C=O) groups is 1. The molecule has 1 saturated heterocycles. The minimum Gasteiger partial charge on any atom is -0.465 e. The van der Waals surface area contributed by atoms with Crippen LogP contribution in [0.25, 0.3) is 0 Å². The molecular weight excluding hydrogens is 184 g/mol. The first-order valence-electron chi connectivity index (χ1n) is 4.38. The Balaban J connectivity index is 2.78. The number of hydrogen-bond donors (Lipinski definition) is 2. The summed E-state index contributed by atoms with van der Waals surface area (Å²) in [5.41, 5.74) is 1.04. The molecule has 5 nitrogen and oxygen atoms in total. The molecule has 1 aliphatic rings. The maximum Gasteiger partial charge on any atom is 0.407 e. The molecule has 0 unspecified atom stereocenters. The second kappa shape index (κ2) is 4.63. The lowest BCUT2D eigenvalue weighted by atomic mass is 10.0. The van der Waals surface area contributed by atoms with Crippen LogP contribution in [0.5, 0.6) is 0 Å². The van der Waals surface area contributed by atoms with E-state index >= 15 is 0 Å². The zero-order valence-electron chi connectivity index (χ0n) is 7.73. The number of aliphatic hydroxyl groups is 1. The van der Waals surface area contributed by atoms with Crippen LogP contribution in [0, 0.1) is 11.3 Å². The fraction of sp³-hybridized carbons (Fsp3) is 0.556. The number of nitriles is 1. The molecule has 0 aromatic heterocycles. The average molecular weight is 196 g/mol. The molecule has 1 heterocycles. The van der Waals surface area contributed by atoms with Crippen molar-refractivity contribution in [1.29, 1.82) is 5.26 Å². The van der Waals surface area contributed by atoms with Gasteiger partial charge in [0.2, 0.25) is 0 Å². The van der Waals surface area contributed by atoms with E-state index in [1.54, 1.807) is 0 Å². The van der Waals surface area contributed by atoms with Crippen molar-refractivity contribution in [1.82, 2.24) is 4.90 Å². The predicted octanol–water partition coefficient (Wildman–Crippen LogP) is 0.573. The lowest BCUT2D eigenvalue weighted by molar-refractivity contribution is 0.143. The van der Waals surface area contributed by atoms with E-state index in [9.17, 15) is 4.79 Å². The van der Waals surface area contributed by atoms with Crippen LogP contribution >= 0.6 is 0 Å². The minimum absolute atomic E-state index is 0.249. The van der Waals surface area contributed by atoms with Gasteiger partial charge in [0.1, 0.15) is 0 Å². The number of piperidine rings is 1. The fourth-order valence-corrected chi connectivity index (χ4v) is 1.51. The standard InChI is InChI=1S/C9H12N2O3/c10-4-8(6-12)7-2-1-3-11(5-7)9(13)14/h12H,1-3,5-6H2,(H,13,14)/b8-7-. The average Bonchev–Trinajstić information content (AvgIpc) is 2.20. The van der Waals surface area contributed by atoms with Crippen molar-refractivity contribution in [3.8, 4) is 6.07 Å². The van der Waals surface area contributed by atoms with E-state index in [2.05, 4.69) is 0 Å². The maximum absolute atomic E-state index is 10.7. The molecule has 0 aromatic rings. The third kappa shape index (κ3) is 2.24. The Labute approximate surface area is 81.9 Å². The van der Waals surface area contributed by atoms with Crippen molar-refractivity contribution in [2.75, 3.05) is 19.7 Å². The van der Waals surface area contributed by atoms with Gasteiger partial charge in [-0.15, -0.1) is 0 Å². The summed E-state index contributed by atoms with van der Waals surface area (Å²) < 4.78 is 0. The molecular formula is C9H12N2O3. The Bertz CT molecular complexity index is 304. The quantitative estimate of drug-likeness (QED) is 0.600. The van der Waals surface area contributed by atoms with Gasteiger partial charge in [-0.3, -0.25) is 0 Å². The smallest absolute Gasteiger partial charge is 0.407 e. The van der Waals surface area contributed by atoms with E-state index in [1.807, 2.05) is 6.07 Å². The molecule has 0 aliphatic carbocycles. The predicted molar refractivity (Wildman–Crippen MR) is 48.6 cm³/mol. The third-order valence-corrected chi connectivity index (χ3v) is 2.28. The Morgan fingerprint density at radius 2 is 2.36 bits per heavy atom. The van der Waals surface area contributed by atoms with Gasteiger partial charge in [-0.25, -0.2) is 4.79 Å². The molecule has 1 amide bonds. The summed E-state index contributed by atoms with van der Waals surface area (Å²) >= 11 is 0. The lowest BCUT2D eigenvalue weighted by Crippen LogP contribution is -2.36. The van der Waals surface area contributed by atoms with Crippen LogP contribution in [-0.2, 0) is 0 Å². The largest absolute Gasteiger partial charge is 0.465 e. The van der Waals surface area contributed by atoms with Gasteiger partial charge in [-0.1, -0.05) is 0 Å². The van der Waals surface area contributed by atoms with Crippen molar-refractivity contribution in [3.63, 3.8) is 0 Å². The number of likely N-dealkylation sites (tertiary alicyclic amines) is 1. The molecule has 0 aromatic carbocycles. The molecule has 1 fully saturated rings. The van der Waals surface area contributed by atoms with E-state index in [1.165, 1.54) is 4.90 Å². The summed E-state index contributed by atoms with van der Waals surface area (Å²) in [6, 6.07) is 1.89. The lowest BCUT2D eigenvalue weighted by Gasteiger charge is -2.26. The summed E-state index contributed by atoms with van der Waals surface area (Å²) in [5.74, 6) is 0. The summed E-state index contributed by atoms with van der Waals surface area (Å²) in [6.07, 6.45) is 0.442. The van der Waals surface area contributed by atoms with Gasteiger partial charge < -0.3 is 15.1 Å². The number of aliphatic hydroxyl groups excluding tert-OH is 1. The summed E-state index contributed by atoms with van der Waals surface area (Å²) in [6.45, 7) is 0.445. The van der Waals surface area contributed by atoms with Crippen molar-refractivity contribution >= 4 is 6.09 Å². The van der Waals surface area contributed by atoms with E-state index < -0.39 is 6.09 Å². The molecule has 5 heteroatoms. The summed E-state index contributed by atoms with van der Waals surface area (Å²) in [7, 11) is 0. The highest BCUT2D eigenvalue weighted by Crippen LogP contribution is 2.18. The van der Waals surface area contributed by atoms with Gasteiger partial charge in [0.25, 0.3) is 0 Å². The first-order chi connectivity index (χ1) is 6.69. The van der Waals surface area contributed by atoms with Crippen molar-refractivity contribution < 1.29 is 15.0 Å². The van der Waals surface area contributed by atoms with Gasteiger partial charge in [-0.2, -0.15) is 5.26 Å². The fourth-order valence-electron chi connectivity index (χ4n) is 1.51. The molecule has 76 valence electrons. The number of rotatable bonds is 1. The Morgan fingerprint density at radius 3 is 2.86 bits per heavy atom. The van der Waals surface area contributed by atoms with E-state index in [0.29, 0.717) is 25.0 Å². The van der Waals surface area contributed by atoms with Crippen LogP contribution in [0.2, 0.25) is 0 Å².